The molecule has 0 saturated carbocycles. The first-order chi connectivity index (χ1) is 12.6. The average molecular weight is 358 g/mol. The number of hydrogen-bond acceptors (Lipinski definition) is 5. The number of rotatable bonds is 6. The van der Waals surface area contributed by atoms with Crippen molar-refractivity contribution >= 4 is 5.91 Å². The molecule has 0 aliphatic carbocycles. The SMILES string of the molecule is COCc1cccc(C(=O)NC[C@@H]2OCCN(C)[C@H]2c2cncn2C)c1. The number of aryl methyl sites for hydroxylation is 1. The number of carbonyl (C=O) groups is 1. The molecule has 2 aromatic rings. The van der Waals surface area contributed by atoms with E-state index in [2.05, 4.69) is 22.2 Å². The summed E-state index contributed by atoms with van der Waals surface area (Å²) >= 11 is 0. The van der Waals surface area contributed by atoms with Crippen molar-refractivity contribution in [2.45, 2.75) is 18.8 Å². The van der Waals surface area contributed by atoms with E-state index in [-0.39, 0.29) is 18.1 Å². The van der Waals surface area contributed by atoms with Gasteiger partial charge in [-0.2, -0.15) is 0 Å². The van der Waals surface area contributed by atoms with Crippen LogP contribution in [0.5, 0.6) is 0 Å². The van der Waals surface area contributed by atoms with Crippen LogP contribution in [-0.2, 0) is 23.1 Å². The van der Waals surface area contributed by atoms with Gasteiger partial charge in [0.05, 0.1) is 37.4 Å². The number of ether oxygens (including phenoxy) is 2. The van der Waals surface area contributed by atoms with Gasteiger partial charge in [0.1, 0.15) is 0 Å². The van der Waals surface area contributed by atoms with Crippen LogP contribution in [0.2, 0.25) is 0 Å². The highest BCUT2D eigenvalue weighted by molar-refractivity contribution is 5.94. The van der Waals surface area contributed by atoms with Crippen molar-refractivity contribution in [1.82, 2.24) is 19.8 Å². The maximum Gasteiger partial charge on any atom is 0.251 e. The monoisotopic (exact) mass is 358 g/mol. The van der Waals surface area contributed by atoms with Gasteiger partial charge in [-0.1, -0.05) is 12.1 Å². The zero-order chi connectivity index (χ0) is 18.5. The predicted octanol–water partition coefficient (Wildman–Crippen LogP) is 1.37. The second kappa shape index (κ2) is 8.44. The van der Waals surface area contributed by atoms with E-state index >= 15 is 0 Å². The van der Waals surface area contributed by atoms with E-state index in [1.807, 2.05) is 36.0 Å². The van der Waals surface area contributed by atoms with Crippen molar-refractivity contribution in [2.24, 2.45) is 7.05 Å². The third kappa shape index (κ3) is 4.12. The Hall–Kier alpha value is -2.22. The van der Waals surface area contributed by atoms with Gasteiger partial charge in [-0.3, -0.25) is 9.69 Å². The van der Waals surface area contributed by atoms with Gasteiger partial charge in [0, 0.05) is 39.0 Å². The van der Waals surface area contributed by atoms with Crippen LogP contribution in [0, 0.1) is 0 Å². The molecule has 1 amide bonds. The highest BCUT2D eigenvalue weighted by Crippen LogP contribution is 2.27. The molecule has 1 N–H and O–H groups in total. The normalized spacial score (nSPS) is 20.9. The van der Waals surface area contributed by atoms with E-state index in [1.165, 1.54) is 0 Å². The summed E-state index contributed by atoms with van der Waals surface area (Å²) in [5.74, 6) is -0.108. The van der Waals surface area contributed by atoms with Gasteiger partial charge in [-0.25, -0.2) is 4.98 Å². The Labute approximate surface area is 153 Å². The minimum absolute atomic E-state index is 0.0522. The number of aromatic nitrogens is 2. The standard InChI is InChI=1S/C19H26N4O3/c1-22-7-8-26-17(18(22)16-10-20-13-23(16)2)11-21-19(24)15-6-4-5-14(9-15)12-25-3/h4-6,9-10,13,17-18H,7-8,11-12H2,1-3H3,(H,21,24)/t17-,18-/m0/s1. The van der Waals surface area contributed by atoms with E-state index < -0.39 is 0 Å². The number of benzene rings is 1. The summed E-state index contributed by atoms with van der Waals surface area (Å²) in [6.45, 7) is 2.42. The number of hydrogen-bond donors (Lipinski definition) is 1. The third-order valence-electron chi connectivity index (χ3n) is 4.72. The van der Waals surface area contributed by atoms with Crippen molar-refractivity contribution in [3.63, 3.8) is 0 Å². The summed E-state index contributed by atoms with van der Waals surface area (Å²) in [7, 11) is 5.69. The van der Waals surface area contributed by atoms with Gasteiger partial charge in [0.25, 0.3) is 5.91 Å². The van der Waals surface area contributed by atoms with Gasteiger partial charge in [0.15, 0.2) is 0 Å². The van der Waals surface area contributed by atoms with Gasteiger partial charge >= 0.3 is 0 Å². The Morgan fingerprint density at radius 1 is 1.42 bits per heavy atom. The molecule has 1 aromatic heterocycles. The van der Waals surface area contributed by atoms with Crippen molar-refractivity contribution in [3.05, 3.63) is 53.6 Å². The average Bonchev–Trinajstić information content (AvgIpc) is 3.06. The fraction of sp³-hybridized carbons (Fsp3) is 0.474. The van der Waals surface area contributed by atoms with Gasteiger partial charge < -0.3 is 19.4 Å². The van der Waals surface area contributed by atoms with Crippen molar-refractivity contribution in [1.29, 1.82) is 0 Å². The molecule has 1 aromatic carbocycles. The zero-order valence-corrected chi connectivity index (χ0v) is 15.5. The van der Waals surface area contributed by atoms with Gasteiger partial charge in [0.2, 0.25) is 0 Å². The molecule has 0 bridgehead atoms. The van der Waals surface area contributed by atoms with Crippen molar-refractivity contribution in [3.8, 4) is 0 Å². The van der Waals surface area contributed by atoms with Gasteiger partial charge in [-0.15, -0.1) is 0 Å². The molecule has 7 heteroatoms. The lowest BCUT2D eigenvalue weighted by Gasteiger charge is -2.39. The number of carbonyl (C=O) groups excluding carboxylic acids is 1. The largest absolute Gasteiger partial charge is 0.380 e. The summed E-state index contributed by atoms with van der Waals surface area (Å²) in [6, 6.07) is 7.52. The molecule has 0 unspecified atom stereocenters. The first-order valence-corrected chi connectivity index (χ1v) is 8.74. The van der Waals surface area contributed by atoms with E-state index in [1.54, 1.807) is 19.5 Å². The van der Waals surface area contributed by atoms with Crippen LogP contribution in [0.3, 0.4) is 0 Å². The van der Waals surface area contributed by atoms with Crippen molar-refractivity contribution in [2.75, 3.05) is 33.9 Å². The molecule has 0 spiro atoms. The number of morpholine rings is 1. The van der Waals surface area contributed by atoms with Crippen LogP contribution in [0.25, 0.3) is 0 Å². The minimum atomic E-state index is -0.129. The Bertz CT molecular complexity index is 746. The Morgan fingerprint density at radius 2 is 2.27 bits per heavy atom. The number of methoxy groups -OCH3 is 1. The summed E-state index contributed by atoms with van der Waals surface area (Å²) in [5, 5.41) is 3.01. The molecule has 2 atom stereocenters. The second-order valence-corrected chi connectivity index (χ2v) is 6.61. The number of nitrogens with zero attached hydrogens (tertiary/aromatic N) is 3. The summed E-state index contributed by atoms with van der Waals surface area (Å²) in [5.41, 5.74) is 2.68. The maximum atomic E-state index is 12.5. The molecule has 1 fully saturated rings. The lowest BCUT2D eigenvalue weighted by molar-refractivity contribution is -0.0626. The van der Waals surface area contributed by atoms with Crippen LogP contribution >= 0.6 is 0 Å². The van der Waals surface area contributed by atoms with Crippen molar-refractivity contribution < 1.29 is 14.3 Å². The van der Waals surface area contributed by atoms with Crippen LogP contribution in [0.4, 0.5) is 0 Å². The van der Waals surface area contributed by atoms with Crippen LogP contribution < -0.4 is 5.32 Å². The van der Waals surface area contributed by atoms with Gasteiger partial charge in [-0.05, 0) is 24.7 Å². The molecule has 1 aliphatic rings. The molecule has 1 aliphatic heterocycles. The number of nitrogens with one attached hydrogen (secondary N) is 1. The molecule has 1 saturated heterocycles. The first-order valence-electron chi connectivity index (χ1n) is 8.74. The Balaban J connectivity index is 1.68. The van der Waals surface area contributed by atoms with E-state index in [9.17, 15) is 4.79 Å². The smallest absolute Gasteiger partial charge is 0.251 e. The molecule has 2 heterocycles. The Kier molecular flexibility index (Phi) is 6.03. The predicted molar refractivity (Wildman–Crippen MR) is 97.8 cm³/mol. The summed E-state index contributed by atoms with van der Waals surface area (Å²) in [4.78, 5) is 19.0. The molecule has 26 heavy (non-hydrogen) atoms. The third-order valence-corrected chi connectivity index (χ3v) is 4.72. The number of likely N-dealkylation sites (N-methyl/N-ethyl adjacent to an activating group) is 1. The van der Waals surface area contributed by atoms with E-state index in [4.69, 9.17) is 9.47 Å². The first kappa shape index (κ1) is 18.6. The van der Waals surface area contributed by atoms with E-state index in [0.717, 1.165) is 17.8 Å². The van der Waals surface area contributed by atoms with Crippen LogP contribution in [0.15, 0.2) is 36.8 Å². The Morgan fingerprint density at radius 3 is 3.00 bits per heavy atom. The topological polar surface area (TPSA) is 68.6 Å². The summed E-state index contributed by atoms with van der Waals surface area (Å²) in [6.07, 6.45) is 3.52. The van der Waals surface area contributed by atoms with E-state index in [0.29, 0.717) is 25.3 Å². The molecular weight excluding hydrogens is 332 g/mol. The molecule has 0 radical (unpaired) electrons. The quantitative estimate of drug-likeness (QED) is 0.845. The second-order valence-electron chi connectivity index (χ2n) is 6.61. The fourth-order valence-corrected chi connectivity index (χ4v) is 3.37. The lowest BCUT2D eigenvalue weighted by atomic mass is 10.0. The number of imidazole rings is 1. The number of amides is 1. The highest BCUT2D eigenvalue weighted by atomic mass is 16.5. The fourth-order valence-electron chi connectivity index (χ4n) is 3.37. The van der Waals surface area contributed by atoms with Crippen LogP contribution in [-0.4, -0.2) is 60.3 Å². The minimum Gasteiger partial charge on any atom is -0.380 e. The maximum absolute atomic E-state index is 12.5. The lowest BCUT2D eigenvalue weighted by Crippen LogP contribution is -2.48. The molecule has 7 nitrogen and oxygen atoms in total. The molecule has 140 valence electrons. The zero-order valence-electron chi connectivity index (χ0n) is 15.5. The molecular formula is C19H26N4O3. The summed E-state index contributed by atoms with van der Waals surface area (Å²) < 4.78 is 13.1. The highest BCUT2D eigenvalue weighted by Gasteiger charge is 2.33. The molecule has 3 rings (SSSR count). The van der Waals surface area contributed by atoms with Crippen LogP contribution in [0.1, 0.15) is 27.7 Å².